The van der Waals surface area contributed by atoms with Gasteiger partial charge in [0, 0.05) is 17.1 Å². The lowest BCUT2D eigenvalue weighted by Crippen LogP contribution is -2.15. The van der Waals surface area contributed by atoms with E-state index < -0.39 is 15.3 Å². The molecule has 3 rings (SSSR count). The number of nitrogens with zero attached hydrogens (tertiary/aromatic N) is 1. The summed E-state index contributed by atoms with van der Waals surface area (Å²) in [4.78, 5) is 11.4. The Morgan fingerprint density at radius 1 is 1.08 bits per heavy atom. The summed E-state index contributed by atoms with van der Waals surface area (Å²) in [6, 6.07) is 10.9. The number of aromatic nitrogens is 1. The molecule has 134 valence electrons. The van der Waals surface area contributed by atoms with Crippen LogP contribution in [0.15, 0.2) is 53.6 Å². The van der Waals surface area contributed by atoms with Crippen molar-refractivity contribution in [2.45, 2.75) is 25.7 Å². The highest BCUT2D eigenvalue weighted by atomic mass is 35.5. The average molecular weight is 388 g/mol. The van der Waals surface area contributed by atoms with Crippen LogP contribution in [0.2, 0.25) is 0 Å². The van der Waals surface area contributed by atoms with Gasteiger partial charge in [-0.1, -0.05) is 35.9 Å². The summed E-state index contributed by atoms with van der Waals surface area (Å²) in [7, 11) is -3.80. The van der Waals surface area contributed by atoms with E-state index in [1.165, 1.54) is 22.3 Å². The van der Waals surface area contributed by atoms with E-state index in [9.17, 15) is 13.2 Å². The zero-order valence-electron chi connectivity index (χ0n) is 14.7. The first-order chi connectivity index (χ1) is 12.2. The van der Waals surface area contributed by atoms with E-state index in [0.717, 1.165) is 10.9 Å². The fourth-order valence-corrected chi connectivity index (χ4v) is 5.20. The molecule has 0 unspecified atom stereocenters. The number of halogens is 1. The van der Waals surface area contributed by atoms with Gasteiger partial charge in [-0.15, -0.1) is 0 Å². The van der Waals surface area contributed by atoms with E-state index in [2.05, 4.69) is 0 Å². The summed E-state index contributed by atoms with van der Waals surface area (Å²) in [5, 5.41) is 0.113. The molecule has 0 N–H and O–H groups in total. The van der Waals surface area contributed by atoms with Crippen molar-refractivity contribution in [3.05, 3.63) is 70.9 Å². The summed E-state index contributed by atoms with van der Waals surface area (Å²) < 4.78 is 28.1. The van der Waals surface area contributed by atoms with Gasteiger partial charge in [0.05, 0.1) is 10.4 Å². The standard InChI is InChI=1S/C20H18ClNO3S/c1-13-10-14(2)20(15(3)11-13)26(24,25)22-12-16(8-9-19(21)23)17-6-4-5-7-18(17)22/h4-12H,1-3H3/b9-8+. The van der Waals surface area contributed by atoms with E-state index in [4.69, 9.17) is 11.6 Å². The van der Waals surface area contributed by atoms with E-state index in [-0.39, 0.29) is 0 Å². The molecular weight excluding hydrogens is 370 g/mol. The maximum absolute atomic E-state index is 13.4. The highest BCUT2D eigenvalue weighted by molar-refractivity contribution is 7.90. The van der Waals surface area contributed by atoms with Crippen LogP contribution in [0.4, 0.5) is 0 Å². The van der Waals surface area contributed by atoms with Crippen LogP contribution in [0.5, 0.6) is 0 Å². The van der Waals surface area contributed by atoms with Crippen LogP contribution in [-0.2, 0) is 14.8 Å². The van der Waals surface area contributed by atoms with Crippen LogP contribution in [0.1, 0.15) is 22.3 Å². The van der Waals surface area contributed by atoms with Gasteiger partial charge in [0.1, 0.15) is 0 Å². The minimum Gasteiger partial charge on any atom is -0.276 e. The lowest BCUT2D eigenvalue weighted by Gasteiger charge is -2.14. The molecule has 0 bridgehead atoms. The number of rotatable bonds is 4. The fraction of sp³-hybridized carbons (Fsp3) is 0.150. The lowest BCUT2D eigenvalue weighted by molar-refractivity contribution is -0.107. The maximum atomic E-state index is 13.4. The second-order valence-electron chi connectivity index (χ2n) is 6.27. The number of para-hydroxylation sites is 1. The number of allylic oxidation sites excluding steroid dienone is 1. The second-order valence-corrected chi connectivity index (χ2v) is 8.39. The largest absolute Gasteiger partial charge is 0.276 e. The van der Waals surface area contributed by atoms with Gasteiger partial charge in [0.2, 0.25) is 5.24 Å². The molecule has 0 fully saturated rings. The third kappa shape index (κ3) is 3.20. The molecule has 0 atom stereocenters. The quantitative estimate of drug-likeness (QED) is 0.486. The van der Waals surface area contributed by atoms with Gasteiger partial charge >= 0.3 is 0 Å². The molecular formula is C20H18ClNO3S. The Kier molecular flexibility index (Phi) is 4.78. The number of benzene rings is 2. The van der Waals surface area contributed by atoms with Crippen molar-refractivity contribution in [1.82, 2.24) is 3.97 Å². The van der Waals surface area contributed by atoms with Gasteiger partial charge in [0.25, 0.3) is 10.0 Å². The van der Waals surface area contributed by atoms with E-state index in [1.54, 1.807) is 26.0 Å². The Hall–Kier alpha value is -2.37. The number of aryl methyl sites for hydroxylation is 3. The zero-order valence-corrected chi connectivity index (χ0v) is 16.2. The first-order valence-corrected chi connectivity index (χ1v) is 9.84. The Balaban J connectivity index is 2.30. The van der Waals surface area contributed by atoms with E-state index >= 15 is 0 Å². The Morgan fingerprint density at radius 3 is 2.31 bits per heavy atom. The first kappa shape index (κ1) is 18.4. The maximum Gasteiger partial charge on any atom is 0.268 e. The summed E-state index contributed by atoms with van der Waals surface area (Å²) in [6.07, 6.45) is 4.26. The third-order valence-corrected chi connectivity index (χ3v) is 6.33. The molecule has 0 aliphatic carbocycles. The molecule has 0 saturated heterocycles. The van der Waals surface area contributed by atoms with Crippen LogP contribution >= 0.6 is 11.6 Å². The minimum absolute atomic E-state index is 0.299. The predicted molar refractivity (Wildman–Crippen MR) is 105 cm³/mol. The Labute approximate surface area is 157 Å². The molecule has 0 saturated carbocycles. The van der Waals surface area contributed by atoms with Crippen molar-refractivity contribution in [3.63, 3.8) is 0 Å². The summed E-state index contributed by atoms with van der Waals surface area (Å²) in [5.41, 5.74) is 3.58. The van der Waals surface area contributed by atoms with Crippen molar-refractivity contribution in [3.8, 4) is 0 Å². The van der Waals surface area contributed by atoms with Crippen molar-refractivity contribution in [2.24, 2.45) is 0 Å². The van der Waals surface area contributed by atoms with Crippen molar-refractivity contribution in [2.75, 3.05) is 0 Å². The SMILES string of the molecule is Cc1cc(C)c(S(=O)(=O)n2cc(/C=C/C(=O)Cl)c3ccccc32)c(C)c1. The van der Waals surface area contributed by atoms with Crippen LogP contribution in [0.3, 0.4) is 0 Å². The smallest absolute Gasteiger partial charge is 0.268 e. The van der Waals surface area contributed by atoms with Crippen LogP contribution in [0, 0.1) is 20.8 Å². The molecule has 1 aromatic heterocycles. The molecule has 0 aliphatic rings. The number of carbonyl (C=O) groups excluding carboxylic acids is 1. The Morgan fingerprint density at radius 2 is 1.69 bits per heavy atom. The van der Waals surface area contributed by atoms with Crippen molar-refractivity contribution < 1.29 is 13.2 Å². The molecule has 0 radical (unpaired) electrons. The molecule has 6 heteroatoms. The van der Waals surface area contributed by atoms with E-state index in [0.29, 0.717) is 27.1 Å². The second kappa shape index (κ2) is 6.74. The molecule has 0 aliphatic heterocycles. The summed E-state index contributed by atoms with van der Waals surface area (Å²) in [5.74, 6) is 0. The normalized spacial score (nSPS) is 12.2. The van der Waals surface area contributed by atoms with Crippen LogP contribution < -0.4 is 0 Å². The van der Waals surface area contributed by atoms with Gasteiger partial charge in [-0.3, -0.25) is 4.79 Å². The number of hydrogen-bond acceptors (Lipinski definition) is 3. The molecule has 0 spiro atoms. The predicted octanol–water partition coefficient (Wildman–Crippen LogP) is 4.58. The number of hydrogen-bond donors (Lipinski definition) is 0. The van der Waals surface area contributed by atoms with Gasteiger partial charge in [0.15, 0.2) is 0 Å². The highest BCUT2D eigenvalue weighted by Crippen LogP contribution is 2.30. The lowest BCUT2D eigenvalue weighted by atomic mass is 10.1. The molecule has 1 heterocycles. The minimum atomic E-state index is -3.80. The van der Waals surface area contributed by atoms with Crippen LogP contribution in [0.25, 0.3) is 17.0 Å². The van der Waals surface area contributed by atoms with Crippen molar-refractivity contribution >= 4 is 43.8 Å². The summed E-state index contributed by atoms with van der Waals surface area (Å²) >= 11 is 5.38. The monoisotopic (exact) mass is 387 g/mol. The first-order valence-electron chi connectivity index (χ1n) is 8.03. The molecule has 0 amide bonds. The van der Waals surface area contributed by atoms with Gasteiger partial charge < -0.3 is 0 Å². The molecule has 26 heavy (non-hydrogen) atoms. The summed E-state index contributed by atoms with van der Waals surface area (Å²) in [6.45, 7) is 5.53. The van der Waals surface area contributed by atoms with Gasteiger partial charge in [-0.05, 0) is 61.7 Å². The Bertz CT molecular complexity index is 1130. The molecule has 2 aromatic carbocycles. The molecule has 3 aromatic rings. The number of fused-ring (bicyclic) bond motifs is 1. The van der Waals surface area contributed by atoms with Crippen molar-refractivity contribution in [1.29, 1.82) is 0 Å². The average Bonchev–Trinajstić information content (AvgIpc) is 2.91. The zero-order chi connectivity index (χ0) is 19.1. The van der Waals surface area contributed by atoms with E-state index in [1.807, 2.05) is 31.2 Å². The third-order valence-electron chi connectivity index (χ3n) is 4.22. The highest BCUT2D eigenvalue weighted by Gasteiger charge is 2.24. The van der Waals surface area contributed by atoms with Gasteiger partial charge in [-0.25, -0.2) is 12.4 Å². The topological polar surface area (TPSA) is 56.1 Å². The van der Waals surface area contributed by atoms with Crippen LogP contribution in [-0.4, -0.2) is 17.6 Å². The number of carbonyl (C=O) groups is 1. The van der Waals surface area contributed by atoms with Gasteiger partial charge in [-0.2, -0.15) is 0 Å². The molecule has 4 nitrogen and oxygen atoms in total. The fourth-order valence-electron chi connectivity index (χ4n) is 3.33.